The molecule has 0 radical (unpaired) electrons. The minimum atomic E-state index is -0.380. The molecule has 8 nitrogen and oxygen atoms in total. The summed E-state index contributed by atoms with van der Waals surface area (Å²) in [4.78, 5) is 13.8. The van der Waals surface area contributed by atoms with Gasteiger partial charge in [-0.1, -0.05) is 0 Å². The van der Waals surface area contributed by atoms with Crippen LogP contribution in [-0.4, -0.2) is 76.1 Å². The van der Waals surface area contributed by atoms with Gasteiger partial charge in [0.25, 0.3) is 0 Å². The number of nitrogens with one attached hydrogen (secondary N) is 1. The van der Waals surface area contributed by atoms with Crippen molar-refractivity contribution in [1.29, 1.82) is 0 Å². The van der Waals surface area contributed by atoms with E-state index < -0.39 is 0 Å². The predicted octanol–water partition coefficient (Wildman–Crippen LogP) is 3.39. The van der Waals surface area contributed by atoms with Crippen LogP contribution in [0.2, 0.25) is 0 Å². The Hall–Kier alpha value is -2.78. The second kappa shape index (κ2) is 8.22. The summed E-state index contributed by atoms with van der Waals surface area (Å²) >= 11 is 0. The average Bonchev–Trinajstić information content (AvgIpc) is 3.18. The van der Waals surface area contributed by atoms with Gasteiger partial charge in [-0.25, -0.2) is 14.4 Å². The van der Waals surface area contributed by atoms with Crippen LogP contribution in [0.25, 0.3) is 22.3 Å². The van der Waals surface area contributed by atoms with Crippen molar-refractivity contribution < 1.29 is 13.9 Å². The lowest BCUT2D eigenvalue weighted by Crippen LogP contribution is -2.48. The first-order chi connectivity index (χ1) is 16.1. The minimum absolute atomic E-state index is 0.257. The lowest BCUT2D eigenvalue weighted by Gasteiger charge is -2.36. The Labute approximate surface area is 192 Å². The fourth-order valence-electron chi connectivity index (χ4n) is 4.72. The average molecular weight is 453 g/mol. The van der Waals surface area contributed by atoms with Crippen LogP contribution in [0.15, 0.2) is 24.5 Å². The van der Waals surface area contributed by atoms with Crippen molar-refractivity contribution in [2.24, 2.45) is 0 Å². The minimum Gasteiger partial charge on any atom is -0.484 e. The van der Waals surface area contributed by atoms with Crippen molar-refractivity contribution in [1.82, 2.24) is 25.1 Å². The van der Waals surface area contributed by atoms with Crippen LogP contribution >= 0.6 is 0 Å². The van der Waals surface area contributed by atoms with Gasteiger partial charge in [0.1, 0.15) is 23.4 Å². The zero-order valence-corrected chi connectivity index (χ0v) is 18.9. The lowest BCUT2D eigenvalue weighted by atomic mass is 10.1. The monoisotopic (exact) mass is 452 g/mol. The quantitative estimate of drug-likeness (QED) is 0.614. The number of anilines is 1. The summed E-state index contributed by atoms with van der Waals surface area (Å²) < 4.78 is 26.2. The Balaban J connectivity index is 1.20. The second-order valence-electron chi connectivity index (χ2n) is 9.64. The number of nitrogens with zero attached hydrogens (tertiary/aromatic N) is 5. The number of hydrogen-bond acceptors (Lipinski definition) is 7. The molecule has 0 amide bonds. The standard InChI is InChI=1S/C24H29FN6O2/c1-24(4-5-24)33-21-11-17-19(12-18(21)25)28-29-23(17)20-13-22(27-15-26-20)31-8-6-30(7-9-31)14-16-3-2-10-32-16/h11-13,15-16H,2-10,14H2,1H3,(H,28,29). The van der Waals surface area contributed by atoms with E-state index in [1.807, 2.05) is 13.0 Å². The number of ether oxygens (including phenoxy) is 2. The highest BCUT2D eigenvalue weighted by Gasteiger charge is 2.40. The number of H-pyrrole nitrogens is 1. The molecular weight excluding hydrogens is 423 g/mol. The summed E-state index contributed by atoms with van der Waals surface area (Å²) in [5.41, 5.74) is 1.76. The number of piperazine rings is 1. The molecule has 3 aromatic rings. The maximum Gasteiger partial charge on any atom is 0.167 e. The van der Waals surface area contributed by atoms with Gasteiger partial charge in [0.15, 0.2) is 11.6 Å². The fourth-order valence-corrected chi connectivity index (χ4v) is 4.72. The van der Waals surface area contributed by atoms with E-state index in [1.165, 1.54) is 18.9 Å². The molecule has 3 aliphatic rings. The fraction of sp³-hybridized carbons (Fsp3) is 0.542. The van der Waals surface area contributed by atoms with E-state index in [0.29, 0.717) is 23.0 Å². The summed E-state index contributed by atoms with van der Waals surface area (Å²) in [5.74, 6) is 0.772. The highest BCUT2D eigenvalue weighted by molar-refractivity contribution is 5.93. The first kappa shape index (κ1) is 20.8. The number of aromatic amines is 1. The van der Waals surface area contributed by atoms with E-state index in [2.05, 4.69) is 30.0 Å². The topological polar surface area (TPSA) is 79.4 Å². The first-order valence-electron chi connectivity index (χ1n) is 11.8. The molecule has 3 fully saturated rings. The number of benzene rings is 1. The van der Waals surface area contributed by atoms with E-state index >= 15 is 0 Å². The predicted molar refractivity (Wildman–Crippen MR) is 123 cm³/mol. The van der Waals surface area contributed by atoms with Crippen molar-refractivity contribution in [2.45, 2.75) is 44.3 Å². The molecule has 174 valence electrons. The maximum atomic E-state index is 14.5. The van der Waals surface area contributed by atoms with E-state index in [1.54, 1.807) is 12.4 Å². The van der Waals surface area contributed by atoms with Crippen molar-refractivity contribution in [3.8, 4) is 17.1 Å². The highest BCUT2D eigenvalue weighted by atomic mass is 19.1. The summed E-state index contributed by atoms with van der Waals surface area (Å²) in [7, 11) is 0. The van der Waals surface area contributed by atoms with Crippen molar-refractivity contribution in [2.75, 3.05) is 44.2 Å². The van der Waals surface area contributed by atoms with E-state index in [-0.39, 0.29) is 17.2 Å². The molecule has 2 saturated heterocycles. The van der Waals surface area contributed by atoms with Crippen LogP contribution in [0.4, 0.5) is 10.2 Å². The molecule has 6 rings (SSSR count). The third-order valence-electron chi connectivity index (χ3n) is 7.00. The molecule has 1 aliphatic carbocycles. The van der Waals surface area contributed by atoms with Crippen LogP contribution in [0, 0.1) is 5.82 Å². The Morgan fingerprint density at radius 3 is 2.79 bits per heavy atom. The number of fused-ring (bicyclic) bond motifs is 1. The molecule has 9 heteroatoms. The Kier molecular flexibility index (Phi) is 5.18. The van der Waals surface area contributed by atoms with Crippen molar-refractivity contribution in [3.63, 3.8) is 0 Å². The molecule has 2 aliphatic heterocycles. The van der Waals surface area contributed by atoms with E-state index in [9.17, 15) is 4.39 Å². The molecule has 1 aromatic carbocycles. The lowest BCUT2D eigenvalue weighted by molar-refractivity contribution is 0.0712. The van der Waals surface area contributed by atoms with Crippen LogP contribution < -0.4 is 9.64 Å². The molecule has 1 saturated carbocycles. The van der Waals surface area contributed by atoms with Gasteiger partial charge in [-0.05, 0) is 38.7 Å². The number of halogens is 1. The molecular formula is C24H29FN6O2. The van der Waals surface area contributed by atoms with Crippen LogP contribution in [-0.2, 0) is 4.74 Å². The third kappa shape index (κ3) is 4.27. The summed E-state index contributed by atoms with van der Waals surface area (Å²) in [6.45, 7) is 7.72. The van der Waals surface area contributed by atoms with Gasteiger partial charge >= 0.3 is 0 Å². The van der Waals surface area contributed by atoms with Gasteiger partial charge in [-0.3, -0.25) is 10.00 Å². The second-order valence-corrected chi connectivity index (χ2v) is 9.64. The van der Waals surface area contributed by atoms with Gasteiger partial charge in [-0.2, -0.15) is 5.10 Å². The van der Waals surface area contributed by atoms with Gasteiger partial charge in [0, 0.05) is 56.8 Å². The van der Waals surface area contributed by atoms with Crippen molar-refractivity contribution in [3.05, 3.63) is 30.3 Å². The number of aromatic nitrogens is 4. The van der Waals surface area contributed by atoms with E-state index in [4.69, 9.17) is 9.47 Å². The number of rotatable bonds is 6. The normalized spacial score (nSPS) is 22.7. The SMILES string of the molecule is CC1(Oc2cc3c(-c4cc(N5CCN(CC6CCCO6)CC5)ncn4)n[nH]c3cc2F)CC1. The first-order valence-corrected chi connectivity index (χ1v) is 11.8. The van der Waals surface area contributed by atoms with Crippen molar-refractivity contribution >= 4 is 16.7 Å². The molecule has 0 bridgehead atoms. The van der Waals surface area contributed by atoms with Gasteiger partial charge in [0.2, 0.25) is 0 Å². The molecule has 33 heavy (non-hydrogen) atoms. The van der Waals surface area contributed by atoms with Gasteiger partial charge in [0.05, 0.1) is 17.3 Å². The van der Waals surface area contributed by atoms with E-state index in [0.717, 1.165) is 63.4 Å². The largest absolute Gasteiger partial charge is 0.484 e. The van der Waals surface area contributed by atoms with Gasteiger partial charge in [-0.15, -0.1) is 0 Å². The van der Waals surface area contributed by atoms with Crippen LogP contribution in [0.5, 0.6) is 5.75 Å². The highest BCUT2D eigenvalue weighted by Crippen LogP contribution is 2.41. The Morgan fingerprint density at radius 1 is 1.18 bits per heavy atom. The van der Waals surface area contributed by atoms with Crippen LogP contribution in [0.3, 0.4) is 0 Å². The summed E-state index contributed by atoms with van der Waals surface area (Å²) in [5, 5.41) is 8.16. The molecule has 2 aromatic heterocycles. The zero-order valence-electron chi connectivity index (χ0n) is 18.9. The molecule has 0 spiro atoms. The third-order valence-corrected chi connectivity index (χ3v) is 7.00. The zero-order chi connectivity index (χ0) is 22.4. The summed E-state index contributed by atoms with van der Waals surface area (Å²) in [6, 6.07) is 5.15. The smallest absolute Gasteiger partial charge is 0.167 e. The Morgan fingerprint density at radius 2 is 2.03 bits per heavy atom. The van der Waals surface area contributed by atoms with Gasteiger partial charge < -0.3 is 14.4 Å². The summed E-state index contributed by atoms with van der Waals surface area (Å²) in [6.07, 6.45) is 6.20. The Bertz CT molecular complexity index is 1150. The van der Waals surface area contributed by atoms with Crippen LogP contribution in [0.1, 0.15) is 32.6 Å². The molecule has 1 unspecified atom stereocenters. The number of hydrogen-bond donors (Lipinski definition) is 1. The molecule has 1 atom stereocenters. The molecule has 4 heterocycles. The maximum absolute atomic E-state index is 14.5. The molecule has 1 N–H and O–H groups in total.